The van der Waals surface area contributed by atoms with Crippen LogP contribution in [0.5, 0.6) is 0 Å². The van der Waals surface area contributed by atoms with Crippen LogP contribution >= 0.6 is 0 Å². The van der Waals surface area contributed by atoms with Crippen LogP contribution < -0.4 is 0 Å². The van der Waals surface area contributed by atoms with E-state index in [4.69, 9.17) is 4.52 Å². The minimum Gasteiger partial charge on any atom is -0.341 e. The summed E-state index contributed by atoms with van der Waals surface area (Å²) in [6, 6.07) is 8.07. The molecule has 24 heavy (non-hydrogen) atoms. The summed E-state index contributed by atoms with van der Waals surface area (Å²) >= 11 is 0. The van der Waals surface area contributed by atoms with Gasteiger partial charge in [-0.25, -0.2) is 0 Å². The van der Waals surface area contributed by atoms with E-state index >= 15 is 0 Å². The molecule has 0 radical (unpaired) electrons. The van der Waals surface area contributed by atoms with Gasteiger partial charge in [-0.3, -0.25) is 4.79 Å². The fourth-order valence-corrected chi connectivity index (χ4v) is 3.14. The number of likely N-dealkylation sites (tertiary alicyclic amines) is 1. The van der Waals surface area contributed by atoms with Crippen LogP contribution in [0.15, 0.2) is 28.8 Å². The second-order valence-corrected chi connectivity index (χ2v) is 7.67. The SMILES string of the molecule is Cc1cccc(-c2noc(C3CCCN(C(=O)C(C)(C)C)C3)n2)c1. The fraction of sp³-hybridized carbons (Fsp3) is 0.526. The van der Waals surface area contributed by atoms with Crippen molar-refractivity contribution in [3.63, 3.8) is 0 Å². The largest absolute Gasteiger partial charge is 0.341 e. The number of piperidine rings is 1. The van der Waals surface area contributed by atoms with Crippen molar-refractivity contribution in [3.05, 3.63) is 35.7 Å². The Morgan fingerprint density at radius 2 is 2.12 bits per heavy atom. The van der Waals surface area contributed by atoms with Crippen molar-refractivity contribution in [2.45, 2.75) is 46.5 Å². The van der Waals surface area contributed by atoms with Crippen LogP contribution in [-0.2, 0) is 4.79 Å². The van der Waals surface area contributed by atoms with E-state index in [0.717, 1.165) is 24.9 Å². The van der Waals surface area contributed by atoms with Crippen LogP contribution in [0, 0.1) is 12.3 Å². The number of hydrogen-bond donors (Lipinski definition) is 0. The normalized spacial score (nSPS) is 18.7. The van der Waals surface area contributed by atoms with E-state index in [9.17, 15) is 4.79 Å². The van der Waals surface area contributed by atoms with Gasteiger partial charge in [0.05, 0.1) is 5.92 Å². The van der Waals surface area contributed by atoms with Crippen molar-refractivity contribution in [3.8, 4) is 11.4 Å². The lowest BCUT2D eigenvalue weighted by Gasteiger charge is -2.35. The minimum absolute atomic E-state index is 0.121. The summed E-state index contributed by atoms with van der Waals surface area (Å²) in [6.45, 7) is 9.39. The Kier molecular flexibility index (Phi) is 4.43. The maximum Gasteiger partial charge on any atom is 0.231 e. The monoisotopic (exact) mass is 327 g/mol. The molecular weight excluding hydrogens is 302 g/mol. The summed E-state index contributed by atoms with van der Waals surface area (Å²) in [5, 5.41) is 4.13. The van der Waals surface area contributed by atoms with E-state index in [1.165, 1.54) is 5.56 Å². The van der Waals surface area contributed by atoms with Crippen LogP contribution in [0.4, 0.5) is 0 Å². The first-order valence-corrected chi connectivity index (χ1v) is 8.54. The van der Waals surface area contributed by atoms with Crippen molar-refractivity contribution in [1.29, 1.82) is 0 Å². The Bertz CT molecular complexity index is 730. The van der Waals surface area contributed by atoms with Gasteiger partial charge in [-0.05, 0) is 25.8 Å². The van der Waals surface area contributed by atoms with Gasteiger partial charge >= 0.3 is 0 Å². The zero-order valence-corrected chi connectivity index (χ0v) is 14.9. The first-order valence-electron chi connectivity index (χ1n) is 8.54. The summed E-state index contributed by atoms with van der Waals surface area (Å²) in [6.07, 6.45) is 1.94. The Balaban J connectivity index is 1.76. The lowest BCUT2D eigenvalue weighted by molar-refractivity contribution is -0.140. The molecule has 1 aliphatic rings. The second-order valence-electron chi connectivity index (χ2n) is 7.67. The number of benzene rings is 1. The minimum atomic E-state index is -0.358. The molecule has 1 aromatic carbocycles. The molecular formula is C19H25N3O2. The number of carbonyl (C=O) groups is 1. The summed E-state index contributed by atoms with van der Waals surface area (Å²) < 4.78 is 5.51. The first kappa shape index (κ1) is 16.7. The number of nitrogens with zero attached hydrogens (tertiary/aromatic N) is 3. The maximum atomic E-state index is 12.5. The molecule has 0 N–H and O–H groups in total. The van der Waals surface area contributed by atoms with Crippen molar-refractivity contribution in [1.82, 2.24) is 15.0 Å². The molecule has 3 rings (SSSR count). The zero-order chi connectivity index (χ0) is 17.3. The molecule has 5 nitrogen and oxygen atoms in total. The van der Waals surface area contributed by atoms with Gasteiger partial charge in [0.2, 0.25) is 17.6 Å². The van der Waals surface area contributed by atoms with E-state index in [0.29, 0.717) is 18.3 Å². The van der Waals surface area contributed by atoms with Crippen molar-refractivity contribution < 1.29 is 9.32 Å². The molecule has 1 fully saturated rings. The summed E-state index contributed by atoms with van der Waals surface area (Å²) in [5.74, 6) is 1.56. The predicted molar refractivity (Wildman–Crippen MR) is 92.5 cm³/mol. The molecule has 0 spiro atoms. The molecule has 1 saturated heterocycles. The molecule has 1 atom stereocenters. The smallest absolute Gasteiger partial charge is 0.231 e. The average molecular weight is 327 g/mol. The molecule has 0 aliphatic carbocycles. The van der Waals surface area contributed by atoms with Crippen molar-refractivity contribution in [2.24, 2.45) is 5.41 Å². The van der Waals surface area contributed by atoms with Gasteiger partial charge < -0.3 is 9.42 Å². The number of amides is 1. The highest BCUT2D eigenvalue weighted by Crippen LogP contribution is 2.30. The number of rotatable bonds is 2. The molecule has 1 amide bonds. The lowest BCUT2D eigenvalue weighted by Crippen LogP contribution is -2.44. The summed E-state index contributed by atoms with van der Waals surface area (Å²) in [7, 11) is 0. The average Bonchev–Trinajstić information content (AvgIpc) is 3.03. The zero-order valence-electron chi connectivity index (χ0n) is 14.9. The van der Waals surface area contributed by atoms with E-state index in [-0.39, 0.29) is 17.2 Å². The third-order valence-corrected chi connectivity index (χ3v) is 4.42. The third-order valence-electron chi connectivity index (χ3n) is 4.42. The van der Waals surface area contributed by atoms with Crippen LogP contribution in [0.3, 0.4) is 0 Å². The van der Waals surface area contributed by atoms with E-state index < -0.39 is 0 Å². The Morgan fingerprint density at radius 3 is 2.83 bits per heavy atom. The molecule has 1 aliphatic heterocycles. The van der Waals surface area contributed by atoms with Gasteiger partial charge in [-0.2, -0.15) is 4.98 Å². The topological polar surface area (TPSA) is 59.2 Å². The van der Waals surface area contributed by atoms with Gasteiger partial charge in [0, 0.05) is 24.1 Å². The Labute approximate surface area is 143 Å². The highest BCUT2D eigenvalue weighted by atomic mass is 16.5. The molecule has 0 bridgehead atoms. The molecule has 2 heterocycles. The molecule has 128 valence electrons. The Hall–Kier alpha value is -2.17. The van der Waals surface area contributed by atoms with Gasteiger partial charge in [-0.15, -0.1) is 0 Å². The maximum absolute atomic E-state index is 12.5. The van der Waals surface area contributed by atoms with Gasteiger partial charge in [-0.1, -0.05) is 49.7 Å². The first-order chi connectivity index (χ1) is 11.3. The quantitative estimate of drug-likeness (QED) is 0.842. The molecule has 1 aromatic heterocycles. The number of aryl methyl sites for hydroxylation is 1. The fourth-order valence-electron chi connectivity index (χ4n) is 3.14. The number of hydrogen-bond acceptors (Lipinski definition) is 4. The predicted octanol–water partition coefficient (Wildman–Crippen LogP) is 3.80. The van der Waals surface area contributed by atoms with E-state index in [1.807, 2.05) is 56.9 Å². The molecule has 0 saturated carbocycles. The molecule has 1 unspecified atom stereocenters. The van der Waals surface area contributed by atoms with Gasteiger partial charge in [0.15, 0.2) is 0 Å². The van der Waals surface area contributed by atoms with Crippen LogP contribution in [0.25, 0.3) is 11.4 Å². The second kappa shape index (κ2) is 6.38. The number of carbonyl (C=O) groups excluding carboxylic acids is 1. The van der Waals surface area contributed by atoms with Gasteiger partial charge in [0.25, 0.3) is 0 Å². The number of aromatic nitrogens is 2. The van der Waals surface area contributed by atoms with Crippen molar-refractivity contribution in [2.75, 3.05) is 13.1 Å². The summed E-state index contributed by atoms with van der Waals surface area (Å²) in [4.78, 5) is 19.0. The Morgan fingerprint density at radius 1 is 1.33 bits per heavy atom. The van der Waals surface area contributed by atoms with Crippen LogP contribution in [-0.4, -0.2) is 34.0 Å². The molecule has 2 aromatic rings. The highest BCUT2D eigenvalue weighted by Gasteiger charge is 2.33. The molecule has 5 heteroatoms. The lowest BCUT2D eigenvalue weighted by atomic mass is 9.91. The van der Waals surface area contributed by atoms with Crippen LogP contribution in [0.2, 0.25) is 0 Å². The highest BCUT2D eigenvalue weighted by molar-refractivity contribution is 5.81. The third kappa shape index (κ3) is 3.50. The van der Waals surface area contributed by atoms with E-state index in [1.54, 1.807) is 0 Å². The van der Waals surface area contributed by atoms with Crippen LogP contribution in [0.1, 0.15) is 51.0 Å². The van der Waals surface area contributed by atoms with Gasteiger partial charge in [0.1, 0.15) is 0 Å². The van der Waals surface area contributed by atoms with Crippen molar-refractivity contribution >= 4 is 5.91 Å². The standard InChI is InChI=1S/C19H25N3O2/c1-13-7-5-8-14(11-13)16-20-17(24-21-16)15-9-6-10-22(12-15)18(23)19(2,3)4/h5,7-8,11,15H,6,9-10,12H2,1-4H3. The summed E-state index contributed by atoms with van der Waals surface area (Å²) in [5.41, 5.74) is 1.77. The van der Waals surface area contributed by atoms with E-state index in [2.05, 4.69) is 10.1 Å².